The summed E-state index contributed by atoms with van der Waals surface area (Å²) < 4.78 is 30.3. The summed E-state index contributed by atoms with van der Waals surface area (Å²) in [7, 11) is -3.50. The highest BCUT2D eigenvalue weighted by molar-refractivity contribution is 7.95. The highest BCUT2D eigenvalue weighted by atomic mass is 32.2. The molecule has 0 saturated carbocycles. The lowest BCUT2D eigenvalue weighted by Crippen LogP contribution is -2.09. The normalized spacial score (nSPS) is 15.4. The molecule has 0 amide bonds. The van der Waals surface area contributed by atoms with Crippen LogP contribution in [0.1, 0.15) is 11.1 Å². The first kappa shape index (κ1) is 13.7. The lowest BCUT2D eigenvalue weighted by molar-refractivity contribution is 0.333. The fourth-order valence-corrected chi connectivity index (χ4v) is 3.84. The third-order valence-corrected chi connectivity index (χ3v) is 5.32. The van der Waals surface area contributed by atoms with E-state index in [1.54, 1.807) is 36.4 Å². The van der Waals surface area contributed by atoms with Crippen LogP contribution in [0.2, 0.25) is 0 Å². The van der Waals surface area contributed by atoms with E-state index in [4.69, 9.17) is 4.74 Å². The SMILES string of the molecule is Cc1cccc2c1C=C(COc1ccccc1O)S2(=O)=O. The maximum atomic E-state index is 12.4. The summed E-state index contributed by atoms with van der Waals surface area (Å²) in [6.45, 7) is 1.77. The second-order valence-corrected chi connectivity index (χ2v) is 6.83. The predicted octanol–water partition coefficient (Wildman–Crippen LogP) is 2.91. The molecule has 4 nitrogen and oxygen atoms in total. The lowest BCUT2D eigenvalue weighted by atomic mass is 10.1. The zero-order valence-electron chi connectivity index (χ0n) is 11.4. The molecule has 0 aromatic heterocycles. The molecule has 0 aliphatic carbocycles. The topological polar surface area (TPSA) is 63.6 Å². The Balaban J connectivity index is 1.90. The predicted molar refractivity (Wildman–Crippen MR) is 79.9 cm³/mol. The summed E-state index contributed by atoms with van der Waals surface area (Å²) in [5.41, 5.74) is 1.63. The minimum Gasteiger partial charge on any atom is -0.504 e. The van der Waals surface area contributed by atoms with E-state index < -0.39 is 9.84 Å². The molecule has 0 saturated heterocycles. The Morgan fingerprint density at radius 1 is 1.10 bits per heavy atom. The molecule has 0 fully saturated rings. The van der Waals surface area contributed by atoms with Crippen molar-refractivity contribution in [3.63, 3.8) is 0 Å². The van der Waals surface area contributed by atoms with Crippen molar-refractivity contribution in [2.75, 3.05) is 6.61 Å². The van der Waals surface area contributed by atoms with Crippen LogP contribution < -0.4 is 4.74 Å². The third-order valence-electron chi connectivity index (χ3n) is 3.46. The van der Waals surface area contributed by atoms with Crippen LogP contribution in [0, 0.1) is 6.92 Å². The van der Waals surface area contributed by atoms with Gasteiger partial charge in [-0.2, -0.15) is 0 Å². The second-order valence-electron chi connectivity index (χ2n) is 4.86. The average Bonchev–Trinajstić information content (AvgIpc) is 2.71. The van der Waals surface area contributed by atoms with Crippen molar-refractivity contribution in [3.8, 4) is 11.5 Å². The lowest BCUT2D eigenvalue weighted by Gasteiger charge is -2.08. The largest absolute Gasteiger partial charge is 0.504 e. The summed E-state index contributed by atoms with van der Waals surface area (Å²) in [5.74, 6) is 0.253. The number of hydrogen-bond donors (Lipinski definition) is 1. The highest BCUT2D eigenvalue weighted by Crippen LogP contribution is 2.35. The Morgan fingerprint density at radius 2 is 1.86 bits per heavy atom. The molecule has 5 heteroatoms. The van der Waals surface area contributed by atoms with E-state index in [2.05, 4.69) is 0 Å². The van der Waals surface area contributed by atoms with E-state index in [-0.39, 0.29) is 23.0 Å². The minimum absolute atomic E-state index is 0.0119. The van der Waals surface area contributed by atoms with Crippen LogP contribution in [-0.4, -0.2) is 20.1 Å². The van der Waals surface area contributed by atoms with Crippen molar-refractivity contribution in [1.29, 1.82) is 0 Å². The fourth-order valence-electron chi connectivity index (χ4n) is 2.30. The number of aryl methyl sites for hydroxylation is 1. The minimum atomic E-state index is -3.50. The van der Waals surface area contributed by atoms with Crippen LogP contribution >= 0.6 is 0 Å². The second kappa shape index (κ2) is 4.93. The summed E-state index contributed by atoms with van der Waals surface area (Å²) in [6, 6.07) is 11.7. The van der Waals surface area contributed by atoms with E-state index >= 15 is 0 Å². The van der Waals surface area contributed by atoms with E-state index in [0.717, 1.165) is 5.56 Å². The van der Waals surface area contributed by atoms with Crippen LogP contribution in [0.25, 0.3) is 6.08 Å². The molecule has 1 N–H and O–H groups in total. The van der Waals surface area contributed by atoms with Gasteiger partial charge in [-0.1, -0.05) is 24.3 Å². The van der Waals surface area contributed by atoms with Gasteiger partial charge in [-0.05, 0) is 42.3 Å². The van der Waals surface area contributed by atoms with Gasteiger partial charge in [0.1, 0.15) is 6.61 Å². The number of benzene rings is 2. The monoisotopic (exact) mass is 302 g/mol. The number of hydrogen-bond acceptors (Lipinski definition) is 4. The maximum Gasteiger partial charge on any atom is 0.206 e. The molecule has 1 aliphatic heterocycles. The first-order valence-corrected chi connectivity index (χ1v) is 7.94. The number of aromatic hydroxyl groups is 1. The van der Waals surface area contributed by atoms with Gasteiger partial charge in [-0.3, -0.25) is 0 Å². The van der Waals surface area contributed by atoms with E-state index in [9.17, 15) is 13.5 Å². The third kappa shape index (κ3) is 2.29. The smallest absolute Gasteiger partial charge is 0.206 e. The van der Waals surface area contributed by atoms with Crippen LogP contribution in [0.5, 0.6) is 11.5 Å². The molecule has 108 valence electrons. The number of rotatable bonds is 3. The molecule has 3 rings (SSSR count). The fraction of sp³-hybridized carbons (Fsp3) is 0.125. The van der Waals surface area contributed by atoms with Gasteiger partial charge in [-0.25, -0.2) is 8.42 Å². The molecular weight excluding hydrogens is 288 g/mol. The summed E-state index contributed by atoms with van der Waals surface area (Å²) >= 11 is 0. The van der Waals surface area contributed by atoms with Crippen LogP contribution in [0.4, 0.5) is 0 Å². The average molecular weight is 302 g/mol. The first-order chi connectivity index (χ1) is 10.00. The van der Waals surface area contributed by atoms with E-state index in [1.165, 1.54) is 6.07 Å². The Kier molecular flexibility index (Phi) is 3.22. The Bertz CT molecular complexity index is 835. The molecule has 0 unspecified atom stereocenters. The van der Waals surface area contributed by atoms with Gasteiger partial charge in [0.2, 0.25) is 9.84 Å². The molecule has 0 atom stereocenters. The van der Waals surface area contributed by atoms with Crippen LogP contribution in [0.3, 0.4) is 0 Å². The van der Waals surface area contributed by atoms with Gasteiger partial charge in [0.05, 0.1) is 9.80 Å². The number of ether oxygens (including phenoxy) is 1. The van der Waals surface area contributed by atoms with Gasteiger partial charge < -0.3 is 9.84 Å². The highest BCUT2D eigenvalue weighted by Gasteiger charge is 2.30. The molecular formula is C16H14O4S. The zero-order chi connectivity index (χ0) is 15.0. The molecule has 0 spiro atoms. The molecule has 1 aliphatic rings. The van der Waals surface area contributed by atoms with E-state index in [1.807, 2.05) is 13.0 Å². The van der Waals surface area contributed by atoms with Gasteiger partial charge in [0.15, 0.2) is 11.5 Å². The van der Waals surface area contributed by atoms with Crippen molar-refractivity contribution in [3.05, 3.63) is 58.5 Å². The maximum absolute atomic E-state index is 12.4. The molecule has 0 radical (unpaired) electrons. The molecule has 2 aromatic rings. The summed E-state index contributed by atoms with van der Waals surface area (Å²) in [5, 5.41) is 9.64. The van der Waals surface area contributed by atoms with Crippen molar-refractivity contribution in [1.82, 2.24) is 0 Å². The Morgan fingerprint density at radius 3 is 2.57 bits per heavy atom. The van der Waals surface area contributed by atoms with Gasteiger partial charge in [0, 0.05) is 0 Å². The number of phenols is 1. The molecule has 21 heavy (non-hydrogen) atoms. The van der Waals surface area contributed by atoms with Crippen molar-refractivity contribution in [2.45, 2.75) is 11.8 Å². The number of phenolic OH excluding ortho intramolecular Hbond substituents is 1. The molecule has 0 bridgehead atoms. The zero-order valence-corrected chi connectivity index (χ0v) is 12.2. The van der Waals surface area contributed by atoms with Crippen molar-refractivity contribution < 1.29 is 18.3 Å². The Hall–Kier alpha value is -2.27. The van der Waals surface area contributed by atoms with E-state index in [0.29, 0.717) is 10.5 Å². The summed E-state index contributed by atoms with van der Waals surface area (Å²) in [4.78, 5) is 0.522. The number of sulfone groups is 1. The van der Waals surface area contributed by atoms with Crippen molar-refractivity contribution in [2.24, 2.45) is 0 Å². The summed E-state index contributed by atoms with van der Waals surface area (Å²) in [6.07, 6.45) is 1.64. The van der Waals surface area contributed by atoms with Gasteiger partial charge in [-0.15, -0.1) is 0 Å². The standard InChI is InChI=1S/C16H14O4S/c1-11-5-4-8-16-13(11)9-12(21(16,18)19)10-20-15-7-3-2-6-14(15)17/h2-9,17H,10H2,1H3. The van der Waals surface area contributed by atoms with Crippen LogP contribution in [0.15, 0.2) is 52.3 Å². The van der Waals surface area contributed by atoms with Crippen LogP contribution in [-0.2, 0) is 9.84 Å². The first-order valence-electron chi connectivity index (χ1n) is 6.46. The van der Waals surface area contributed by atoms with Gasteiger partial charge >= 0.3 is 0 Å². The quantitative estimate of drug-likeness (QED) is 0.947. The van der Waals surface area contributed by atoms with Gasteiger partial charge in [0.25, 0.3) is 0 Å². The molecule has 1 heterocycles. The number of fused-ring (bicyclic) bond motifs is 1. The Labute approximate surface area is 123 Å². The van der Waals surface area contributed by atoms with Crippen molar-refractivity contribution >= 4 is 15.9 Å². The molecule has 2 aromatic carbocycles. The number of para-hydroxylation sites is 2.